The zero-order chi connectivity index (χ0) is 13.2. The number of nitrogens with one attached hydrogen (secondary N) is 1. The van der Waals surface area contributed by atoms with Gasteiger partial charge in [-0.05, 0) is 31.9 Å². The zero-order valence-electron chi connectivity index (χ0n) is 10.1. The van der Waals surface area contributed by atoms with Crippen molar-refractivity contribution in [3.05, 3.63) is 29.3 Å². The minimum atomic E-state index is -0.752. The summed E-state index contributed by atoms with van der Waals surface area (Å²) in [4.78, 5) is 0. The van der Waals surface area contributed by atoms with Crippen LogP contribution >= 0.6 is 0 Å². The first-order valence-electron chi connectivity index (χ1n) is 5.79. The highest BCUT2D eigenvalue weighted by molar-refractivity contribution is 5.52. The second kappa shape index (κ2) is 4.91. The summed E-state index contributed by atoms with van der Waals surface area (Å²) >= 11 is 0. The molecule has 0 aliphatic carbocycles. The Morgan fingerprint density at radius 1 is 1.39 bits per heavy atom. The van der Waals surface area contributed by atoms with Crippen molar-refractivity contribution in [1.29, 1.82) is 5.26 Å². The van der Waals surface area contributed by atoms with Gasteiger partial charge in [-0.3, -0.25) is 0 Å². The van der Waals surface area contributed by atoms with Gasteiger partial charge in [-0.15, -0.1) is 0 Å². The average molecular weight is 252 g/mol. The Morgan fingerprint density at radius 2 is 2.06 bits per heavy atom. The summed E-state index contributed by atoms with van der Waals surface area (Å²) in [5, 5.41) is 11.5. The molecule has 1 aromatic rings. The van der Waals surface area contributed by atoms with Crippen molar-refractivity contribution in [2.75, 3.05) is 18.5 Å². The largest absolute Gasteiger partial charge is 0.379 e. The molecule has 1 atom stereocenters. The van der Waals surface area contributed by atoms with Crippen molar-refractivity contribution < 1.29 is 13.5 Å². The van der Waals surface area contributed by atoms with E-state index in [1.54, 1.807) is 6.07 Å². The van der Waals surface area contributed by atoms with Crippen LogP contribution in [0, 0.1) is 23.0 Å². The number of halogens is 2. The van der Waals surface area contributed by atoms with Gasteiger partial charge in [0.25, 0.3) is 0 Å². The Balaban J connectivity index is 2.26. The molecule has 1 aromatic carbocycles. The van der Waals surface area contributed by atoms with Crippen molar-refractivity contribution in [3.8, 4) is 6.07 Å². The van der Waals surface area contributed by atoms with Gasteiger partial charge in [0, 0.05) is 6.61 Å². The van der Waals surface area contributed by atoms with Crippen molar-refractivity contribution in [2.45, 2.75) is 25.3 Å². The number of hydrogen-bond acceptors (Lipinski definition) is 3. The molecule has 1 heterocycles. The van der Waals surface area contributed by atoms with Crippen LogP contribution in [0.4, 0.5) is 14.5 Å². The van der Waals surface area contributed by atoms with E-state index in [2.05, 4.69) is 5.32 Å². The van der Waals surface area contributed by atoms with Gasteiger partial charge in [0.1, 0.15) is 5.69 Å². The molecule has 1 aliphatic heterocycles. The van der Waals surface area contributed by atoms with E-state index in [0.717, 1.165) is 25.0 Å². The van der Waals surface area contributed by atoms with Crippen LogP contribution in [0.15, 0.2) is 12.1 Å². The third-order valence-corrected chi connectivity index (χ3v) is 3.04. The third-order valence-electron chi connectivity index (χ3n) is 3.04. The van der Waals surface area contributed by atoms with Crippen LogP contribution in [0.2, 0.25) is 0 Å². The first kappa shape index (κ1) is 12.8. The third kappa shape index (κ3) is 2.59. The minimum absolute atomic E-state index is 0.0272. The monoisotopic (exact) mass is 252 g/mol. The predicted octanol–water partition coefficient (Wildman–Crippen LogP) is 2.82. The molecular weight excluding hydrogens is 238 g/mol. The van der Waals surface area contributed by atoms with Crippen molar-refractivity contribution in [1.82, 2.24) is 0 Å². The van der Waals surface area contributed by atoms with Crippen LogP contribution in [-0.2, 0) is 4.74 Å². The summed E-state index contributed by atoms with van der Waals surface area (Å²) in [7, 11) is 0. The summed E-state index contributed by atoms with van der Waals surface area (Å²) in [6, 6.07) is 3.77. The fourth-order valence-corrected chi connectivity index (χ4v) is 2.09. The topological polar surface area (TPSA) is 45.0 Å². The lowest BCUT2D eigenvalue weighted by Gasteiger charge is -2.35. The second-order valence-corrected chi connectivity index (χ2v) is 4.77. The number of anilines is 1. The van der Waals surface area contributed by atoms with E-state index in [-0.39, 0.29) is 11.3 Å². The fourth-order valence-electron chi connectivity index (χ4n) is 2.09. The molecule has 0 bridgehead atoms. The molecule has 0 radical (unpaired) electrons. The molecule has 5 heteroatoms. The van der Waals surface area contributed by atoms with Crippen molar-refractivity contribution in [3.63, 3.8) is 0 Å². The molecule has 1 unspecified atom stereocenters. The van der Waals surface area contributed by atoms with Gasteiger partial charge in [-0.2, -0.15) is 5.26 Å². The van der Waals surface area contributed by atoms with E-state index in [1.165, 1.54) is 0 Å². The molecule has 0 saturated carbocycles. The number of benzene rings is 1. The number of hydrogen-bond donors (Lipinski definition) is 1. The fraction of sp³-hybridized carbons (Fsp3) is 0.462. The quantitative estimate of drug-likeness (QED) is 0.880. The smallest absolute Gasteiger partial charge is 0.150 e. The molecule has 0 spiro atoms. The molecule has 1 N–H and O–H groups in total. The maximum atomic E-state index is 13.7. The van der Waals surface area contributed by atoms with Gasteiger partial charge in [0.2, 0.25) is 0 Å². The van der Waals surface area contributed by atoms with E-state index in [9.17, 15) is 8.78 Å². The second-order valence-electron chi connectivity index (χ2n) is 4.77. The molecule has 1 fully saturated rings. The maximum Gasteiger partial charge on any atom is 0.150 e. The molecule has 1 saturated heterocycles. The van der Waals surface area contributed by atoms with Gasteiger partial charge < -0.3 is 10.1 Å². The van der Waals surface area contributed by atoms with Crippen molar-refractivity contribution >= 4 is 5.69 Å². The van der Waals surface area contributed by atoms with Crippen LogP contribution in [0.25, 0.3) is 0 Å². The normalized spacial score (nSPS) is 23.4. The van der Waals surface area contributed by atoms with Gasteiger partial charge in [-0.25, -0.2) is 8.78 Å². The first-order chi connectivity index (χ1) is 8.54. The lowest BCUT2D eigenvalue weighted by Crippen LogP contribution is -2.43. The highest BCUT2D eigenvalue weighted by Gasteiger charge is 2.29. The summed E-state index contributed by atoms with van der Waals surface area (Å²) in [6.45, 7) is 2.95. The van der Waals surface area contributed by atoms with E-state index in [0.29, 0.717) is 13.2 Å². The highest BCUT2D eigenvalue weighted by atomic mass is 19.1. The lowest BCUT2D eigenvalue weighted by molar-refractivity contribution is 0.0538. The molecule has 96 valence electrons. The zero-order valence-corrected chi connectivity index (χ0v) is 10.1. The Bertz CT molecular complexity index is 467. The van der Waals surface area contributed by atoms with E-state index < -0.39 is 17.2 Å². The summed E-state index contributed by atoms with van der Waals surface area (Å²) in [5.41, 5.74) is -0.698. The van der Waals surface area contributed by atoms with Gasteiger partial charge >= 0.3 is 0 Å². The Hall–Kier alpha value is -1.67. The highest BCUT2D eigenvalue weighted by Crippen LogP contribution is 2.28. The summed E-state index contributed by atoms with van der Waals surface area (Å²) < 4.78 is 32.8. The molecular formula is C13H14F2N2O. The van der Waals surface area contributed by atoms with Crippen LogP contribution in [-0.4, -0.2) is 18.8 Å². The Kier molecular flexibility index (Phi) is 3.48. The van der Waals surface area contributed by atoms with Crippen LogP contribution in [0.1, 0.15) is 25.3 Å². The van der Waals surface area contributed by atoms with Gasteiger partial charge in [0.05, 0.1) is 23.8 Å². The lowest BCUT2D eigenvalue weighted by atomic mass is 9.94. The van der Waals surface area contributed by atoms with E-state index in [4.69, 9.17) is 10.00 Å². The Morgan fingerprint density at radius 3 is 2.56 bits per heavy atom. The van der Waals surface area contributed by atoms with E-state index in [1.807, 2.05) is 6.92 Å². The average Bonchev–Trinajstić information content (AvgIpc) is 2.34. The first-order valence-corrected chi connectivity index (χ1v) is 5.79. The molecule has 2 rings (SSSR count). The molecule has 0 aromatic heterocycles. The van der Waals surface area contributed by atoms with Crippen LogP contribution in [0.5, 0.6) is 0 Å². The SMILES string of the molecule is CC1(Nc2c(F)cc(C#N)cc2F)CCCOC1. The van der Waals surface area contributed by atoms with Crippen LogP contribution < -0.4 is 5.32 Å². The summed E-state index contributed by atoms with van der Waals surface area (Å²) in [5.74, 6) is -1.50. The van der Waals surface area contributed by atoms with Crippen molar-refractivity contribution in [2.24, 2.45) is 0 Å². The maximum absolute atomic E-state index is 13.7. The van der Waals surface area contributed by atoms with Crippen LogP contribution in [0.3, 0.4) is 0 Å². The number of nitrogens with zero attached hydrogens (tertiary/aromatic N) is 1. The standard InChI is InChI=1S/C13H14F2N2O/c1-13(3-2-4-18-8-13)17-12-10(14)5-9(7-16)6-11(12)15/h5-6,17H,2-4,8H2,1H3. The predicted molar refractivity (Wildman–Crippen MR) is 63.2 cm³/mol. The number of ether oxygens (including phenoxy) is 1. The molecule has 0 amide bonds. The van der Waals surface area contributed by atoms with Gasteiger partial charge in [-0.1, -0.05) is 0 Å². The summed E-state index contributed by atoms with van der Waals surface area (Å²) in [6.07, 6.45) is 1.63. The van der Waals surface area contributed by atoms with Gasteiger partial charge in [0.15, 0.2) is 11.6 Å². The molecule has 18 heavy (non-hydrogen) atoms. The van der Waals surface area contributed by atoms with E-state index >= 15 is 0 Å². The number of rotatable bonds is 2. The molecule has 1 aliphatic rings. The minimum Gasteiger partial charge on any atom is -0.379 e. The number of nitriles is 1. The molecule has 3 nitrogen and oxygen atoms in total. The Labute approximate surface area is 104 Å².